The summed E-state index contributed by atoms with van der Waals surface area (Å²) < 4.78 is 4.92. The summed E-state index contributed by atoms with van der Waals surface area (Å²) in [6.07, 6.45) is -0.836. The molecule has 1 aromatic heterocycles. The number of β-amino-alcohol motifs (C(OH)–C–C–N with tert-alkyl or cyclic N) is 2. The lowest BCUT2D eigenvalue weighted by Crippen LogP contribution is -2.48. The van der Waals surface area contributed by atoms with Crippen LogP contribution in [0, 0.1) is 0 Å². The number of hydrogen-bond acceptors (Lipinski definition) is 8. The van der Waals surface area contributed by atoms with E-state index in [0.717, 1.165) is 0 Å². The first-order valence-electron chi connectivity index (χ1n) is 6.26. The van der Waals surface area contributed by atoms with Gasteiger partial charge >= 0.3 is 0 Å². The lowest BCUT2D eigenvalue weighted by atomic mass is 10.1. The van der Waals surface area contributed by atoms with Crippen LogP contribution >= 0.6 is 11.3 Å². The Balaban J connectivity index is 1.82. The second kappa shape index (κ2) is 7.04. The van der Waals surface area contributed by atoms with Crippen molar-refractivity contribution in [3.05, 3.63) is 5.01 Å². The molecule has 0 aromatic carbocycles. The summed E-state index contributed by atoms with van der Waals surface area (Å²) in [5.74, 6) is -0.244. The summed E-state index contributed by atoms with van der Waals surface area (Å²) in [6, 6.07) is 0. The summed E-state index contributed by atoms with van der Waals surface area (Å²) in [5, 5.41) is 30.5. The Hall–Kier alpha value is -1.13. The Morgan fingerprint density at radius 3 is 2.80 bits per heavy atom. The van der Waals surface area contributed by atoms with Gasteiger partial charge in [-0.2, -0.15) is 0 Å². The molecule has 8 nitrogen and oxygen atoms in total. The number of piperidine rings is 1. The first kappa shape index (κ1) is 15.3. The fraction of sp³-hybridized carbons (Fsp3) is 0.727. The molecule has 1 fully saturated rings. The van der Waals surface area contributed by atoms with Crippen molar-refractivity contribution in [2.24, 2.45) is 0 Å². The molecule has 0 bridgehead atoms. The van der Waals surface area contributed by atoms with E-state index in [1.54, 1.807) is 12.0 Å². The first-order valence-corrected chi connectivity index (χ1v) is 7.08. The van der Waals surface area contributed by atoms with E-state index in [9.17, 15) is 15.0 Å². The molecule has 0 saturated carbocycles. The van der Waals surface area contributed by atoms with Gasteiger partial charge in [0, 0.05) is 26.6 Å². The molecular weight excluding hydrogens is 284 g/mol. The number of methoxy groups -OCH3 is 1. The van der Waals surface area contributed by atoms with Gasteiger partial charge in [0.05, 0.1) is 18.8 Å². The molecule has 2 rings (SSSR count). The molecule has 3 N–H and O–H groups in total. The highest BCUT2D eigenvalue weighted by molar-refractivity contribution is 7.15. The Morgan fingerprint density at radius 2 is 2.15 bits per heavy atom. The van der Waals surface area contributed by atoms with E-state index in [2.05, 4.69) is 15.5 Å². The van der Waals surface area contributed by atoms with E-state index in [0.29, 0.717) is 36.3 Å². The van der Waals surface area contributed by atoms with Gasteiger partial charge in [-0.05, 0) is 0 Å². The molecule has 9 heteroatoms. The highest BCUT2D eigenvalue weighted by Crippen LogP contribution is 2.16. The van der Waals surface area contributed by atoms with Crippen LogP contribution in [0.25, 0.3) is 0 Å². The number of nitrogens with zero attached hydrogens (tertiary/aromatic N) is 3. The van der Waals surface area contributed by atoms with Crippen molar-refractivity contribution in [1.29, 1.82) is 0 Å². The summed E-state index contributed by atoms with van der Waals surface area (Å²) in [5.41, 5.74) is 0. The number of hydrogen-bond donors (Lipinski definition) is 3. The van der Waals surface area contributed by atoms with Crippen LogP contribution < -0.4 is 5.32 Å². The number of rotatable bonds is 5. The average molecular weight is 302 g/mol. The number of aromatic nitrogens is 2. The van der Waals surface area contributed by atoms with Gasteiger partial charge in [-0.3, -0.25) is 15.0 Å². The van der Waals surface area contributed by atoms with Gasteiger partial charge in [0.15, 0.2) is 0 Å². The molecule has 2 atom stereocenters. The van der Waals surface area contributed by atoms with E-state index in [1.165, 1.54) is 11.3 Å². The second-order valence-corrected chi connectivity index (χ2v) is 5.78. The number of carbonyl (C=O) groups is 1. The van der Waals surface area contributed by atoms with Crippen LogP contribution in [-0.4, -0.2) is 70.2 Å². The maximum Gasteiger partial charge on any atom is 0.240 e. The molecule has 1 aliphatic rings. The number of aliphatic hydroxyl groups excluding tert-OH is 2. The van der Waals surface area contributed by atoms with Crippen LogP contribution in [0.5, 0.6) is 0 Å². The molecule has 1 aromatic rings. The number of carbonyl (C=O) groups excluding carboxylic acids is 1. The molecule has 1 aliphatic heterocycles. The molecule has 0 spiro atoms. The quantitative estimate of drug-likeness (QED) is 0.643. The number of nitrogens with one attached hydrogen (secondary N) is 1. The Bertz CT molecular complexity index is 445. The highest BCUT2D eigenvalue weighted by atomic mass is 32.1. The van der Waals surface area contributed by atoms with Crippen molar-refractivity contribution < 1.29 is 19.7 Å². The van der Waals surface area contributed by atoms with Crippen molar-refractivity contribution in [2.75, 3.05) is 32.1 Å². The number of anilines is 1. The Morgan fingerprint density at radius 1 is 1.45 bits per heavy atom. The van der Waals surface area contributed by atoms with Gasteiger partial charge in [0.25, 0.3) is 0 Å². The SMILES string of the molecule is COCc1nnc(NC(=O)CN2C[C@H](O)C[C@@H](O)C2)s1. The van der Waals surface area contributed by atoms with Crippen molar-refractivity contribution >= 4 is 22.4 Å². The monoisotopic (exact) mass is 302 g/mol. The van der Waals surface area contributed by atoms with Crippen molar-refractivity contribution in [3.8, 4) is 0 Å². The maximum absolute atomic E-state index is 11.9. The van der Waals surface area contributed by atoms with Gasteiger partial charge in [-0.1, -0.05) is 11.3 Å². The fourth-order valence-electron chi connectivity index (χ4n) is 2.11. The van der Waals surface area contributed by atoms with Gasteiger partial charge in [0.2, 0.25) is 11.0 Å². The van der Waals surface area contributed by atoms with Gasteiger partial charge in [0.1, 0.15) is 11.6 Å². The summed E-state index contributed by atoms with van der Waals surface area (Å²) >= 11 is 1.25. The zero-order chi connectivity index (χ0) is 14.5. The van der Waals surface area contributed by atoms with E-state index < -0.39 is 12.2 Å². The standard InChI is InChI=1S/C11H18N4O4S/c1-19-6-10-13-14-11(20-10)12-9(18)5-15-3-7(16)2-8(17)4-15/h7-8,16-17H,2-6H2,1H3,(H,12,14,18)/t7-,8-/m1/s1. The van der Waals surface area contributed by atoms with E-state index in [1.807, 2.05) is 0 Å². The van der Waals surface area contributed by atoms with E-state index in [4.69, 9.17) is 4.74 Å². The third-order valence-electron chi connectivity index (χ3n) is 2.83. The topological polar surface area (TPSA) is 108 Å². The van der Waals surface area contributed by atoms with Crippen LogP contribution in [0.2, 0.25) is 0 Å². The number of aliphatic hydroxyl groups is 2. The average Bonchev–Trinajstić information content (AvgIpc) is 2.75. The van der Waals surface area contributed by atoms with Crippen LogP contribution in [0.4, 0.5) is 5.13 Å². The molecule has 112 valence electrons. The van der Waals surface area contributed by atoms with Crippen LogP contribution in [0.1, 0.15) is 11.4 Å². The predicted molar refractivity (Wildman–Crippen MR) is 72.3 cm³/mol. The number of ether oxygens (including phenoxy) is 1. The molecule has 20 heavy (non-hydrogen) atoms. The molecule has 0 radical (unpaired) electrons. The largest absolute Gasteiger partial charge is 0.392 e. The van der Waals surface area contributed by atoms with Crippen LogP contribution in [0.15, 0.2) is 0 Å². The summed E-state index contributed by atoms with van der Waals surface area (Å²) in [4.78, 5) is 13.6. The van der Waals surface area contributed by atoms with E-state index in [-0.39, 0.29) is 12.5 Å². The summed E-state index contributed by atoms with van der Waals surface area (Å²) in [7, 11) is 1.56. The van der Waals surface area contributed by atoms with Crippen molar-refractivity contribution in [3.63, 3.8) is 0 Å². The minimum Gasteiger partial charge on any atom is -0.392 e. The Labute approximate surface area is 120 Å². The molecular formula is C11H18N4O4S. The third-order valence-corrected chi connectivity index (χ3v) is 3.64. The van der Waals surface area contributed by atoms with Crippen molar-refractivity contribution in [1.82, 2.24) is 15.1 Å². The van der Waals surface area contributed by atoms with Crippen molar-refractivity contribution in [2.45, 2.75) is 25.2 Å². The minimum absolute atomic E-state index is 0.104. The molecule has 0 unspecified atom stereocenters. The van der Waals surface area contributed by atoms with Gasteiger partial charge < -0.3 is 14.9 Å². The zero-order valence-electron chi connectivity index (χ0n) is 11.2. The normalized spacial score (nSPS) is 23.8. The maximum atomic E-state index is 11.9. The minimum atomic E-state index is -0.596. The lowest BCUT2D eigenvalue weighted by Gasteiger charge is -2.32. The fourth-order valence-corrected chi connectivity index (χ4v) is 2.84. The van der Waals surface area contributed by atoms with Crippen LogP contribution in [0.3, 0.4) is 0 Å². The lowest BCUT2D eigenvalue weighted by molar-refractivity contribution is -0.118. The number of amides is 1. The van der Waals surface area contributed by atoms with Gasteiger partial charge in [-0.15, -0.1) is 10.2 Å². The Kier molecular flexibility index (Phi) is 5.38. The smallest absolute Gasteiger partial charge is 0.240 e. The first-order chi connectivity index (χ1) is 9.56. The molecule has 0 aliphatic carbocycles. The summed E-state index contributed by atoms with van der Waals surface area (Å²) in [6.45, 7) is 1.23. The molecule has 2 heterocycles. The van der Waals surface area contributed by atoms with Gasteiger partial charge in [-0.25, -0.2) is 0 Å². The molecule has 1 amide bonds. The highest BCUT2D eigenvalue weighted by Gasteiger charge is 2.25. The third kappa shape index (κ3) is 4.46. The molecule has 1 saturated heterocycles. The number of likely N-dealkylation sites (tertiary alicyclic amines) is 1. The zero-order valence-corrected chi connectivity index (χ0v) is 12.0. The van der Waals surface area contributed by atoms with Crippen LogP contribution in [-0.2, 0) is 16.1 Å². The predicted octanol–water partition coefficient (Wildman–Crippen LogP) is -0.949. The second-order valence-electron chi connectivity index (χ2n) is 4.72. The van der Waals surface area contributed by atoms with E-state index >= 15 is 0 Å².